The summed E-state index contributed by atoms with van der Waals surface area (Å²) in [7, 11) is 7.83. The Morgan fingerprint density at radius 3 is 2.31 bits per heavy atom. The zero-order valence-electron chi connectivity index (χ0n) is 8.68. The van der Waals surface area contributed by atoms with Crippen LogP contribution in [-0.4, -0.2) is 22.3 Å². The Hall–Kier alpha value is -0.0600. The molecule has 0 saturated heterocycles. The highest BCUT2D eigenvalue weighted by molar-refractivity contribution is 7.36. The molecule has 0 aliphatic heterocycles. The van der Waals surface area contributed by atoms with Crippen LogP contribution in [0.4, 0.5) is 0 Å². The molecular weight excluding hydrogens is 261 g/mol. The maximum Gasteiger partial charge on any atom is 0.305 e. The lowest BCUT2D eigenvalue weighted by Crippen LogP contribution is -2.23. The Labute approximate surface area is 102 Å². The van der Waals surface area contributed by atoms with Gasteiger partial charge in [-0.15, -0.1) is 27.7 Å². The van der Waals surface area contributed by atoms with E-state index < -0.39 is 12.1 Å². The van der Waals surface area contributed by atoms with Crippen molar-refractivity contribution in [2.24, 2.45) is 0 Å². The number of carboxylic acids is 1. The lowest BCUT2D eigenvalue weighted by atomic mass is 10.1. The van der Waals surface area contributed by atoms with Gasteiger partial charge < -0.3 is 10.2 Å². The molecule has 0 fully saturated rings. The first-order valence-electron chi connectivity index (χ1n) is 4.73. The zero-order chi connectivity index (χ0) is 12.3. The van der Waals surface area contributed by atoms with Crippen LogP contribution in [0.15, 0.2) is 12.1 Å². The number of rotatable bonds is 4. The average Bonchev–Trinajstić information content (AvgIpc) is 2.12. The van der Waals surface area contributed by atoms with Gasteiger partial charge in [0.15, 0.2) is 0 Å². The van der Waals surface area contributed by atoms with Gasteiger partial charge in [-0.3, -0.25) is 4.79 Å². The molecule has 4 atom stereocenters. The summed E-state index contributed by atoms with van der Waals surface area (Å²) in [5.41, 5.74) is 0.954. The van der Waals surface area contributed by atoms with Gasteiger partial charge in [-0.05, 0) is 34.0 Å². The third-order valence-electron chi connectivity index (χ3n) is 2.21. The predicted octanol–water partition coefficient (Wildman–Crippen LogP) is -0.434. The fourth-order valence-electron chi connectivity index (χ4n) is 1.40. The highest BCUT2D eigenvalue weighted by atomic mass is 31.0. The Bertz CT molecular complexity index is 407. The van der Waals surface area contributed by atoms with Gasteiger partial charge in [-0.2, -0.15) is 0 Å². The van der Waals surface area contributed by atoms with Crippen molar-refractivity contribution in [2.45, 2.75) is 18.9 Å². The molecule has 0 spiro atoms. The molecule has 1 aromatic rings. The molecule has 1 rings (SSSR count). The Morgan fingerprint density at radius 2 is 1.75 bits per heavy atom. The van der Waals surface area contributed by atoms with Gasteiger partial charge in [0.25, 0.3) is 0 Å². The van der Waals surface area contributed by atoms with Crippen LogP contribution >= 0.6 is 27.7 Å². The van der Waals surface area contributed by atoms with Crippen LogP contribution in [0.25, 0.3) is 0 Å². The molecule has 0 radical (unpaired) electrons. The first kappa shape index (κ1) is 14.0. The molecule has 88 valence electrons. The van der Waals surface area contributed by atoms with Crippen LogP contribution in [0, 0.1) is 0 Å². The van der Waals surface area contributed by atoms with Crippen LogP contribution in [0.1, 0.15) is 12.0 Å². The van der Waals surface area contributed by atoms with E-state index in [1.165, 1.54) is 0 Å². The minimum atomic E-state index is -0.980. The largest absolute Gasteiger partial charge is 0.481 e. The number of carboxylic acid groups (broad SMARTS) is 1. The molecule has 2 N–H and O–H groups in total. The number of aliphatic hydroxyl groups is 1. The number of hydrogen-bond acceptors (Lipinski definition) is 2. The second-order valence-electron chi connectivity index (χ2n) is 3.64. The van der Waals surface area contributed by atoms with E-state index in [1.807, 2.05) is 12.1 Å². The summed E-state index contributed by atoms with van der Waals surface area (Å²) in [6.45, 7) is 0. The second-order valence-corrected chi connectivity index (χ2v) is 5.50. The summed E-state index contributed by atoms with van der Waals surface area (Å²) in [6.07, 6.45) is -0.701. The van der Waals surface area contributed by atoms with E-state index in [9.17, 15) is 9.90 Å². The van der Waals surface area contributed by atoms with Gasteiger partial charge >= 0.3 is 5.97 Å². The van der Waals surface area contributed by atoms with E-state index in [1.54, 1.807) is 0 Å². The lowest BCUT2D eigenvalue weighted by molar-refractivity contribution is -0.139. The van der Waals surface area contributed by atoms with Crippen molar-refractivity contribution >= 4 is 49.6 Å². The average molecular weight is 276 g/mol. The topological polar surface area (TPSA) is 57.5 Å². The molecule has 6 heteroatoms. The van der Waals surface area contributed by atoms with E-state index in [2.05, 4.69) is 27.7 Å². The smallest absolute Gasteiger partial charge is 0.305 e. The summed E-state index contributed by atoms with van der Waals surface area (Å²) in [5, 5.41) is 21.2. The number of aliphatic carboxylic acids is 1. The quantitative estimate of drug-likeness (QED) is 0.733. The fourth-order valence-corrected chi connectivity index (χ4v) is 2.52. The van der Waals surface area contributed by atoms with Crippen molar-refractivity contribution in [3.63, 3.8) is 0 Å². The first-order valence-corrected chi connectivity index (χ1v) is 6.46. The van der Waals surface area contributed by atoms with Crippen molar-refractivity contribution in [3.8, 4) is 0 Å². The monoisotopic (exact) mass is 276 g/mol. The Kier molecular flexibility index (Phi) is 5.28. The molecule has 0 heterocycles. The van der Waals surface area contributed by atoms with Crippen LogP contribution in [0.2, 0.25) is 0 Å². The molecule has 0 bridgehead atoms. The van der Waals surface area contributed by atoms with Crippen molar-refractivity contribution in [3.05, 3.63) is 17.7 Å². The standard InChI is InChI=1S/C10H15O3P3/c11-6(3-10(12)13)1-5-2-8(15)9(16)4-7(5)14/h2,4,6,11H,1,3,14-16H2,(H,12,13)/t6-/m0/s1. The van der Waals surface area contributed by atoms with Crippen molar-refractivity contribution < 1.29 is 15.0 Å². The molecule has 0 aliphatic rings. The van der Waals surface area contributed by atoms with Gasteiger partial charge in [0.2, 0.25) is 0 Å². The normalized spacial score (nSPS) is 12.5. The van der Waals surface area contributed by atoms with Gasteiger partial charge in [-0.25, -0.2) is 0 Å². The number of aliphatic hydroxyl groups excluding tert-OH is 1. The van der Waals surface area contributed by atoms with E-state index in [0.29, 0.717) is 6.42 Å². The van der Waals surface area contributed by atoms with Gasteiger partial charge in [0.1, 0.15) is 0 Å². The van der Waals surface area contributed by atoms with Crippen molar-refractivity contribution in [1.82, 2.24) is 0 Å². The minimum Gasteiger partial charge on any atom is -0.481 e. The van der Waals surface area contributed by atoms with E-state index in [0.717, 1.165) is 21.5 Å². The van der Waals surface area contributed by atoms with Gasteiger partial charge in [-0.1, -0.05) is 6.07 Å². The first-order chi connectivity index (χ1) is 7.40. The summed E-state index contributed by atoms with van der Waals surface area (Å²) in [5.74, 6) is -0.980. The summed E-state index contributed by atoms with van der Waals surface area (Å²) >= 11 is 0. The second kappa shape index (κ2) is 6.03. The van der Waals surface area contributed by atoms with Gasteiger partial charge in [0, 0.05) is 0 Å². The van der Waals surface area contributed by atoms with E-state index >= 15 is 0 Å². The molecule has 1 aromatic carbocycles. The molecule has 3 unspecified atom stereocenters. The molecule has 16 heavy (non-hydrogen) atoms. The molecule has 3 nitrogen and oxygen atoms in total. The number of carbonyl (C=O) groups is 1. The summed E-state index contributed by atoms with van der Waals surface area (Å²) in [6, 6.07) is 3.92. The van der Waals surface area contributed by atoms with E-state index in [4.69, 9.17) is 5.11 Å². The Balaban J connectivity index is 2.81. The van der Waals surface area contributed by atoms with Crippen LogP contribution in [0.5, 0.6) is 0 Å². The fraction of sp³-hybridized carbons (Fsp3) is 0.300. The number of benzene rings is 1. The molecule has 0 saturated carbocycles. The minimum absolute atomic E-state index is 0.223. The van der Waals surface area contributed by atoms with Crippen molar-refractivity contribution in [1.29, 1.82) is 0 Å². The Morgan fingerprint density at radius 1 is 1.19 bits per heavy atom. The molecule has 0 aliphatic carbocycles. The third-order valence-corrected chi connectivity index (χ3v) is 4.08. The summed E-state index contributed by atoms with van der Waals surface area (Å²) in [4.78, 5) is 10.4. The molecule has 0 aromatic heterocycles. The zero-order valence-corrected chi connectivity index (χ0v) is 12.1. The third kappa shape index (κ3) is 4.07. The van der Waals surface area contributed by atoms with Crippen molar-refractivity contribution in [2.75, 3.05) is 0 Å². The molecule has 0 amide bonds. The SMILES string of the molecule is O=C(O)C[C@@H](O)Cc1cc(P)c(P)cc1P. The number of hydrogen-bond donors (Lipinski definition) is 2. The highest BCUT2D eigenvalue weighted by Crippen LogP contribution is 2.07. The maximum atomic E-state index is 10.4. The van der Waals surface area contributed by atoms with Crippen LogP contribution in [-0.2, 0) is 11.2 Å². The predicted molar refractivity (Wildman–Crippen MR) is 76.4 cm³/mol. The van der Waals surface area contributed by atoms with Crippen LogP contribution in [0.3, 0.4) is 0 Å². The molecular formula is C10H15O3P3. The lowest BCUT2D eigenvalue weighted by Gasteiger charge is -2.12. The highest BCUT2D eigenvalue weighted by Gasteiger charge is 2.12. The van der Waals surface area contributed by atoms with E-state index in [-0.39, 0.29) is 6.42 Å². The summed E-state index contributed by atoms with van der Waals surface area (Å²) < 4.78 is 0. The van der Waals surface area contributed by atoms with Crippen LogP contribution < -0.4 is 15.9 Å². The van der Waals surface area contributed by atoms with Gasteiger partial charge in [0.05, 0.1) is 12.5 Å². The maximum absolute atomic E-state index is 10.4.